The summed E-state index contributed by atoms with van der Waals surface area (Å²) in [5, 5.41) is 2.89. The van der Waals surface area contributed by atoms with Gasteiger partial charge in [0.1, 0.15) is 11.6 Å². The molecule has 5 nitrogen and oxygen atoms in total. The van der Waals surface area contributed by atoms with Crippen LogP contribution in [0.25, 0.3) is 0 Å². The first-order valence-corrected chi connectivity index (χ1v) is 9.38. The van der Waals surface area contributed by atoms with Gasteiger partial charge in [-0.25, -0.2) is 4.39 Å². The number of methoxy groups -OCH3 is 1. The maximum Gasteiger partial charge on any atom is 0.257 e. The van der Waals surface area contributed by atoms with Gasteiger partial charge in [0.05, 0.1) is 18.1 Å². The molecule has 2 amide bonds. The molecule has 1 aliphatic heterocycles. The van der Waals surface area contributed by atoms with E-state index in [0.717, 1.165) is 6.42 Å². The zero-order chi connectivity index (χ0) is 20.1. The van der Waals surface area contributed by atoms with E-state index >= 15 is 0 Å². The summed E-state index contributed by atoms with van der Waals surface area (Å²) < 4.78 is 18.6. The molecule has 0 bridgehead atoms. The minimum absolute atomic E-state index is 0.130. The van der Waals surface area contributed by atoms with Crippen molar-refractivity contribution in [3.8, 4) is 5.75 Å². The van der Waals surface area contributed by atoms with Crippen molar-refractivity contribution in [2.45, 2.75) is 26.3 Å². The summed E-state index contributed by atoms with van der Waals surface area (Å²) in [6.45, 7) is 3.06. The standard InChI is InChI=1S/C22H25FN2O3/c1-22(21(27)24-14-16-7-5-8-17(23)13-16)11-6-12-25(15-22)20(26)18-9-3-4-10-19(18)28-2/h3-5,7-10,13H,6,11-12,14-15H2,1-2H3,(H,24,27)/t22-/m1/s1. The molecule has 0 radical (unpaired) electrons. The van der Waals surface area contributed by atoms with Gasteiger partial charge in [-0.3, -0.25) is 9.59 Å². The maximum atomic E-state index is 13.3. The number of ether oxygens (including phenoxy) is 1. The second-order valence-electron chi connectivity index (χ2n) is 7.40. The highest BCUT2D eigenvalue weighted by Crippen LogP contribution is 2.31. The van der Waals surface area contributed by atoms with Crippen molar-refractivity contribution in [1.29, 1.82) is 0 Å². The first-order valence-electron chi connectivity index (χ1n) is 9.38. The molecule has 1 saturated heterocycles. The van der Waals surface area contributed by atoms with Gasteiger partial charge in [0, 0.05) is 19.6 Å². The normalized spacial score (nSPS) is 19.2. The minimum Gasteiger partial charge on any atom is -0.496 e. The van der Waals surface area contributed by atoms with Gasteiger partial charge in [-0.15, -0.1) is 0 Å². The SMILES string of the molecule is COc1ccccc1C(=O)N1CCC[C@@](C)(C(=O)NCc2cccc(F)c2)C1. The van der Waals surface area contributed by atoms with Crippen LogP contribution in [0.2, 0.25) is 0 Å². The summed E-state index contributed by atoms with van der Waals surface area (Å²) >= 11 is 0. The minimum atomic E-state index is -0.691. The molecule has 1 aliphatic rings. The van der Waals surface area contributed by atoms with Crippen molar-refractivity contribution in [3.05, 3.63) is 65.5 Å². The van der Waals surface area contributed by atoms with Crippen molar-refractivity contribution in [2.24, 2.45) is 5.41 Å². The molecular weight excluding hydrogens is 359 g/mol. The molecule has 148 valence electrons. The Bertz CT molecular complexity index is 870. The third-order valence-corrected chi connectivity index (χ3v) is 5.21. The lowest BCUT2D eigenvalue weighted by Gasteiger charge is -2.39. The van der Waals surface area contributed by atoms with Gasteiger partial charge in [0.15, 0.2) is 0 Å². The number of amides is 2. The zero-order valence-corrected chi connectivity index (χ0v) is 16.2. The lowest BCUT2D eigenvalue weighted by atomic mass is 9.80. The summed E-state index contributed by atoms with van der Waals surface area (Å²) in [5.74, 6) is -0.0740. The summed E-state index contributed by atoms with van der Waals surface area (Å²) in [5.41, 5.74) is 0.507. The lowest BCUT2D eigenvalue weighted by molar-refractivity contribution is -0.132. The molecule has 0 aliphatic carbocycles. The zero-order valence-electron chi connectivity index (χ0n) is 16.2. The van der Waals surface area contributed by atoms with Crippen LogP contribution in [0.15, 0.2) is 48.5 Å². The van der Waals surface area contributed by atoms with E-state index in [1.807, 2.05) is 13.0 Å². The molecule has 0 spiro atoms. The Morgan fingerprint density at radius 2 is 2.00 bits per heavy atom. The average Bonchev–Trinajstić information content (AvgIpc) is 2.71. The van der Waals surface area contributed by atoms with E-state index in [1.165, 1.54) is 19.2 Å². The number of carbonyl (C=O) groups excluding carboxylic acids is 2. The Kier molecular flexibility index (Phi) is 5.97. The Balaban J connectivity index is 1.68. The maximum absolute atomic E-state index is 13.3. The molecular formula is C22H25FN2O3. The van der Waals surface area contributed by atoms with E-state index in [2.05, 4.69) is 5.32 Å². The Morgan fingerprint density at radius 1 is 1.21 bits per heavy atom. The second kappa shape index (κ2) is 8.42. The average molecular weight is 384 g/mol. The molecule has 1 heterocycles. The van der Waals surface area contributed by atoms with Gasteiger partial charge in [-0.1, -0.05) is 24.3 Å². The summed E-state index contributed by atoms with van der Waals surface area (Å²) in [6.07, 6.45) is 1.43. The summed E-state index contributed by atoms with van der Waals surface area (Å²) in [6, 6.07) is 13.3. The number of piperidine rings is 1. The smallest absolute Gasteiger partial charge is 0.257 e. The topological polar surface area (TPSA) is 58.6 Å². The monoisotopic (exact) mass is 384 g/mol. The van der Waals surface area contributed by atoms with Crippen molar-refractivity contribution >= 4 is 11.8 Å². The lowest BCUT2D eigenvalue weighted by Crippen LogP contribution is -2.51. The summed E-state index contributed by atoms with van der Waals surface area (Å²) in [4.78, 5) is 27.5. The quantitative estimate of drug-likeness (QED) is 0.860. The van der Waals surface area contributed by atoms with E-state index < -0.39 is 5.41 Å². The third-order valence-electron chi connectivity index (χ3n) is 5.21. The number of carbonyl (C=O) groups is 2. The van der Waals surface area contributed by atoms with Crippen LogP contribution in [0.4, 0.5) is 4.39 Å². The predicted octanol–water partition coefficient (Wildman–Crippen LogP) is 3.39. The van der Waals surface area contributed by atoms with Crippen LogP contribution in [-0.2, 0) is 11.3 Å². The molecule has 2 aromatic rings. The number of hydrogen-bond acceptors (Lipinski definition) is 3. The van der Waals surface area contributed by atoms with Gasteiger partial charge in [-0.2, -0.15) is 0 Å². The molecule has 28 heavy (non-hydrogen) atoms. The highest BCUT2D eigenvalue weighted by atomic mass is 19.1. The number of para-hydroxylation sites is 1. The molecule has 0 unspecified atom stereocenters. The fourth-order valence-corrected chi connectivity index (χ4v) is 3.63. The highest BCUT2D eigenvalue weighted by Gasteiger charge is 2.39. The van der Waals surface area contributed by atoms with E-state index in [0.29, 0.717) is 36.4 Å². The van der Waals surface area contributed by atoms with Crippen molar-refractivity contribution in [3.63, 3.8) is 0 Å². The van der Waals surface area contributed by atoms with Gasteiger partial charge in [0.25, 0.3) is 5.91 Å². The largest absolute Gasteiger partial charge is 0.496 e. The number of hydrogen-bond donors (Lipinski definition) is 1. The van der Waals surface area contributed by atoms with Crippen LogP contribution >= 0.6 is 0 Å². The molecule has 1 atom stereocenters. The van der Waals surface area contributed by atoms with Crippen LogP contribution in [0.5, 0.6) is 5.75 Å². The molecule has 2 aromatic carbocycles. The van der Waals surface area contributed by atoms with E-state index in [9.17, 15) is 14.0 Å². The Morgan fingerprint density at radius 3 is 2.75 bits per heavy atom. The Hall–Kier alpha value is -2.89. The number of nitrogens with one attached hydrogen (secondary N) is 1. The number of likely N-dealkylation sites (tertiary alicyclic amines) is 1. The third kappa shape index (κ3) is 4.32. The molecule has 6 heteroatoms. The van der Waals surface area contributed by atoms with Crippen molar-refractivity contribution in [1.82, 2.24) is 10.2 Å². The first kappa shape index (κ1) is 19.9. The molecule has 0 aromatic heterocycles. The van der Waals surface area contributed by atoms with Crippen LogP contribution < -0.4 is 10.1 Å². The molecule has 0 saturated carbocycles. The molecule has 1 fully saturated rings. The van der Waals surface area contributed by atoms with Crippen LogP contribution in [0.3, 0.4) is 0 Å². The van der Waals surface area contributed by atoms with Gasteiger partial charge < -0.3 is 15.0 Å². The van der Waals surface area contributed by atoms with Crippen LogP contribution in [0.1, 0.15) is 35.7 Å². The Labute approximate surface area is 164 Å². The first-order chi connectivity index (χ1) is 13.4. The fraction of sp³-hybridized carbons (Fsp3) is 0.364. The second-order valence-corrected chi connectivity index (χ2v) is 7.40. The summed E-state index contributed by atoms with van der Waals surface area (Å²) in [7, 11) is 1.53. The van der Waals surface area contributed by atoms with Crippen molar-refractivity contribution < 1.29 is 18.7 Å². The van der Waals surface area contributed by atoms with E-state index in [4.69, 9.17) is 4.74 Å². The number of benzene rings is 2. The molecule has 3 rings (SSSR count). The van der Waals surface area contributed by atoms with Gasteiger partial charge in [0.2, 0.25) is 5.91 Å². The van der Waals surface area contributed by atoms with Gasteiger partial charge in [-0.05, 0) is 49.6 Å². The fourth-order valence-electron chi connectivity index (χ4n) is 3.63. The highest BCUT2D eigenvalue weighted by molar-refractivity contribution is 5.97. The van der Waals surface area contributed by atoms with E-state index in [1.54, 1.807) is 35.2 Å². The van der Waals surface area contributed by atoms with Gasteiger partial charge >= 0.3 is 0 Å². The molecule has 1 N–H and O–H groups in total. The van der Waals surface area contributed by atoms with Crippen LogP contribution in [-0.4, -0.2) is 36.9 Å². The van der Waals surface area contributed by atoms with E-state index in [-0.39, 0.29) is 24.2 Å². The predicted molar refractivity (Wildman–Crippen MR) is 104 cm³/mol. The number of rotatable bonds is 5. The van der Waals surface area contributed by atoms with Crippen LogP contribution in [0, 0.1) is 11.2 Å². The number of nitrogens with zero attached hydrogens (tertiary/aromatic N) is 1. The number of halogens is 1. The van der Waals surface area contributed by atoms with Crippen molar-refractivity contribution in [2.75, 3.05) is 20.2 Å².